The van der Waals surface area contributed by atoms with Crippen LogP contribution < -0.4 is 0 Å². The normalized spacial score (nSPS) is 17.5. The molecule has 0 amide bonds. The van der Waals surface area contributed by atoms with E-state index in [2.05, 4.69) is 12.1 Å². The van der Waals surface area contributed by atoms with Crippen molar-refractivity contribution in [1.29, 1.82) is 0 Å². The smallest absolute Gasteiger partial charge is 0.339 e. The molecule has 0 bridgehead atoms. The Balaban J connectivity index is 1.36. The summed E-state index contributed by atoms with van der Waals surface area (Å²) in [7, 11) is 0. The Morgan fingerprint density at radius 1 is 0.474 bits per heavy atom. The average molecular weight is 505 g/mol. The van der Waals surface area contributed by atoms with Crippen LogP contribution in [0.2, 0.25) is 0 Å². The fourth-order valence-electron chi connectivity index (χ4n) is 6.86. The molecule has 0 radical (unpaired) electrons. The molecule has 2 saturated carbocycles. The Hall–Kier alpha value is -3.66. The first-order valence-electron chi connectivity index (χ1n) is 14.2. The average Bonchev–Trinajstić information content (AvgIpc) is 2.96. The maximum atomic E-state index is 13.3. The Morgan fingerprint density at radius 2 is 0.842 bits per heavy atom. The predicted molar refractivity (Wildman–Crippen MR) is 152 cm³/mol. The van der Waals surface area contributed by atoms with E-state index in [0.29, 0.717) is 11.1 Å². The molecule has 0 heterocycles. The molecule has 2 aliphatic rings. The monoisotopic (exact) mass is 504 g/mol. The number of carbonyl (C=O) groups excluding carboxylic acids is 2. The second kappa shape index (κ2) is 9.58. The quantitative estimate of drug-likeness (QED) is 0.139. The summed E-state index contributed by atoms with van der Waals surface area (Å²) in [6, 6.07) is 20.3. The third kappa shape index (κ3) is 3.89. The number of benzene rings is 5. The van der Waals surface area contributed by atoms with E-state index >= 15 is 0 Å². The molecule has 0 aliphatic heterocycles. The molecule has 4 heteroatoms. The zero-order valence-corrected chi connectivity index (χ0v) is 21.6. The van der Waals surface area contributed by atoms with Gasteiger partial charge >= 0.3 is 11.9 Å². The molecule has 0 N–H and O–H groups in total. The minimum Gasteiger partial charge on any atom is -0.459 e. The van der Waals surface area contributed by atoms with Gasteiger partial charge in [-0.25, -0.2) is 9.59 Å². The van der Waals surface area contributed by atoms with E-state index in [9.17, 15) is 9.59 Å². The summed E-state index contributed by atoms with van der Waals surface area (Å²) >= 11 is 0. The van der Waals surface area contributed by atoms with E-state index in [1.165, 1.54) is 12.8 Å². The van der Waals surface area contributed by atoms with Gasteiger partial charge in [-0.05, 0) is 107 Å². The molecular formula is C34H32O4. The molecule has 192 valence electrons. The van der Waals surface area contributed by atoms with Crippen LogP contribution in [-0.2, 0) is 9.47 Å². The van der Waals surface area contributed by atoms with Gasteiger partial charge in [-0.15, -0.1) is 0 Å². The van der Waals surface area contributed by atoms with E-state index in [-0.39, 0.29) is 24.1 Å². The van der Waals surface area contributed by atoms with Crippen molar-refractivity contribution in [2.45, 2.75) is 76.4 Å². The van der Waals surface area contributed by atoms with Crippen molar-refractivity contribution in [3.05, 3.63) is 71.8 Å². The van der Waals surface area contributed by atoms with Gasteiger partial charge < -0.3 is 9.47 Å². The molecule has 0 aromatic heterocycles. The van der Waals surface area contributed by atoms with Crippen LogP contribution in [0.4, 0.5) is 0 Å². The van der Waals surface area contributed by atoms with E-state index in [1.807, 2.05) is 48.5 Å². The van der Waals surface area contributed by atoms with Gasteiger partial charge in [0, 0.05) is 0 Å². The first kappa shape index (κ1) is 23.5. The zero-order chi connectivity index (χ0) is 25.6. The van der Waals surface area contributed by atoms with Gasteiger partial charge in [0.2, 0.25) is 0 Å². The molecule has 38 heavy (non-hydrogen) atoms. The maximum Gasteiger partial charge on any atom is 0.339 e. The Bertz CT molecular complexity index is 1530. The highest BCUT2D eigenvalue weighted by molar-refractivity contribution is 6.35. The van der Waals surface area contributed by atoms with Gasteiger partial charge in [-0.1, -0.05) is 61.4 Å². The number of hydrogen-bond donors (Lipinski definition) is 0. The summed E-state index contributed by atoms with van der Waals surface area (Å²) in [5.41, 5.74) is 1.25. The summed E-state index contributed by atoms with van der Waals surface area (Å²) in [4.78, 5) is 26.6. The third-order valence-electron chi connectivity index (χ3n) is 8.75. The van der Waals surface area contributed by atoms with E-state index in [0.717, 1.165) is 94.5 Å². The standard InChI is InChI=1S/C34H32O4/c35-33(37-21-9-3-1-4-10-21)29-19-17-27-24-14-8-16-26-30(34(36)38-22-11-5-2-6-12-22)20-18-28(32(24)26)23-13-7-15-25(29)31(23)27/h7-8,13-22H,1-6,9-12H2. The molecule has 5 aromatic rings. The van der Waals surface area contributed by atoms with Crippen molar-refractivity contribution in [3.63, 3.8) is 0 Å². The van der Waals surface area contributed by atoms with Crippen LogP contribution in [0.25, 0.3) is 43.1 Å². The summed E-state index contributed by atoms with van der Waals surface area (Å²) < 4.78 is 11.9. The van der Waals surface area contributed by atoms with Crippen LogP contribution in [0.3, 0.4) is 0 Å². The first-order chi connectivity index (χ1) is 18.7. The molecule has 4 nitrogen and oxygen atoms in total. The molecule has 2 fully saturated rings. The molecule has 5 aromatic carbocycles. The SMILES string of the molecule is O=C(OC1CCCCC1)c1ccc2c3cccc4c(C(=O)OC5CCCCC5)ccc(c5cccc1c52)c43. The molecule has 0 saturated heterocycles. The summed E-state index contributed by atoms with van der Waals surface area (Å²) in [5.74, 6) is -0.462. The molecule has 0 atom stereocenters. The molecule has 7 rings (SSSR count). The van der Waals surface area contributed by atoms with Crippen molar-refractivity contribution in [2.24, 2.45) is 0 Å². The van der Waals surface area contributed by atoms with Crippen LogP contribution in [0.5, 0.6) is 0 Å². The lowest BCUT2D eigenvalue weighted by molar-refractivity contribution is 0.0204. The van der Waals surface area contributed by atoms with Gasteiger partial charge in [-0.3, -0.25) is 0 Å². The van der Waals surface area contributed by atoms with Crippen LogP contribution in [0.1, 0.15) is 84.9 Å². The Kier molecular flexibility index (Phi) is 5.91. The molecule has 0 spiro atoms. The molecule has 0 unspecified atom stereocenters. The van der Waals surface area contributed by atoms with Crippen LogP contribution >= 0.6 is 0 Å². The summed E-state index contributed by atoms with van der Waals surface area (Å²) in [6.07, 6.45) is 10.8. The lowest BCUT2D eigenvalue weighted by Gasteiger charge is -2.23. The fourth-order valence-corrected chi connectivity index (χ4v) is 6.86. The number of rotatable bonds is 4. The number of ether oxygens (including phenoxy) is 2. The summed E-state index contributed by atoms with van der Waals surface area (Å²) in [5, 5.41) is 8.32. The van der Waals surface area contributed by atoms with Crippen molar-refractivity contribution in [1.82, 2.24) is 0 Å². The maximum absolute atomic E-state index is 13.3. The van der Waals surface area contributed by atoms with Gasteiger partial charge in [0.15, 0.2) is 0 Å². The van der Waals surface area contributed by atoms with Gasteiger partial charge in [0.25, 0.3) is 0 Å². The topological polar surface area (TPSA) is 52.6 Å². The minimum atomic E-state index is -0.231. The predicted octanol–water partition coefficient (Wildman–Crippen LogP) is 8.72. The van der Waals surface area contributed by atoms with Crippen molar-refractivity contribution >= 4 is 55.0 Å². The Labute approximate surface area is 222 Å². The highest BCUT2D eigenvalue weighted by atomic mass is 16.5. The van der Waals surface area contributed by atoms with E-state index in [4.69, 9.17) is 9.47 Å². The zero-order valence-electron chi connectivity index (χ0n) is 21.6. The largest absolute Gasteiger partial charge is 0.459 e. The second-order valence-electron chi connectivity index (χ2n) is 11.1. The number of fused-ring (bicyclic) bond motifs is 2. The van der Waals surface area contributed by atoms with Crippen LogP contribution in [0, 0.1) is 0 Å². The lowest BCUT2D eigenvalue weighted by Crippen LogP contribution is -2.21. The number of esters is 2. The highest BCUT2D eigenvalue weighted by Gasteiger charge is 2.24. The lowest BCUT2D eigenvalue weighted by atomic mass is 9.87. The molecular weight excluding hydrogens is 472 g/mol. The first-order valence-corrected chi connectivity index (χ1v) is 14.2. The van der Waals surface area contributed by atoms with Crippen molar-refractivity contribution in [3.8, 4) is 0 Å². The highest BCUT2D eigenvalue weighted by Crippen LogP contribution is 2.42. The summed E-state index contributed by atoms with van der Waals surface area (Å²) in [6.45, 7) is 0. The van der Waals surface area contributed by atoms with Gasteiger partial charge in [0.1, 0.15) is 12.2 Å². The third-order valence-corrected chi connectivity index (χ3v) is 8.75. The van der Waals surface area contributed by atoms with E-state index < -0.39 is 0 Å². The van der Waals surface area contributed by atoms with Crippen LogP contribution in [0.15, 0.2) is 60.7 Å². The molecule has 2 aliphatic carbocycles. The number of hydrogen-bond acceptors (Lipinski definition) is 4. The van der Waals surface area contributed by atoms with E-state index in [1.54, 1.807) is 0 Å². The van der Waals surface area contributed by atoms with Crippen LogP contribution in [-0.4, -0.2) is 24.1 Å². The van der Waals surface area contributed by atoms with Crippen molar-refractivity contribution < 1.29 is 19.1 Å². The minimum absolute atomic E-state index is 0.0170. The Morgan fingerprint density at radius 3 is 1.26 bits per heavy atom. The van der Waals surface area contributed by atoms with Gasteiger partial charge in [-0.2, -0.15) is 0 Å². The fraction of sp³-hybridized carbons (Fsp3) is 0.353. The second-order valence-corrected chi connectivity index (χ2v) is 11.1. The van der Waals surface area contributed by atoms with Gasteiger partial charge in [0.05, 0.1) is 11.1 Å². The van der Waals surface area contributed by atoms with Crippen molar-refractivity contribution in [2.75, 3.05) is 0 Å². The number of carbonyl (C=O) groups is 2.